The lowest BCUT2D eigenvalue weighted by Gasteiger charge is -2.12. The van der Waals surface area contributed by atoms with Gasteiger partial charge in [-0.2, -0.15) is 0 Å². The third-order valence-electron chi connectivity index (χ3n) is 2.87. The number of aryl methyl sites for hydroxylation is 1. The molecular weight excluding hydrogens is 294 g/mol. The Morgan fingerprint density at radius 2 is 2.05 bits per heavy atom. The van der Waals surface area contributed by atoms with Gasteiger partial charge in [0.25, 0.3) is 5.91 Å². The highest BCUT2D eigenvalue weighted by Crippen LogP contribution is 2.28. The SMILES string of the molecule is Cc1ccnc(Nc2ccc(C(=O)O)cc2Cl)c1C(N)=O. The van der Waals surface area contributed by atoms with Gasteiger partial charge < -0.3 is 16.2 Å². The number of primary amides is 1. The molecule has 0 aliphatic heterocycles. The molecule has 0 aliphatic rings. The summed E-state index contributed by atoms with van der Waals surface area (Å²) in [5.41, 5.74) is 6.78. The fourth-order valence-electron chi connectivity index (χ4n) is 1.84. The van der Waals surface area contributed by atoms with E-state index >= 15 is 0 Å². The number of nitrogens with two attached hydrogens (primary N) is 1. The zero-order chi connectivity index (χ0) is 15.6. The fraction of sp³-hybridized carbons (Fsp3) is 0.0714. The Labute approximate surface area is 125 Å². The highest BCUT2D eigenvalue weighted by Gasteiger charge is 2.14. The summed E-state index contributed by atoms with van der Waals surface area (Å²) in [6, 6.07) is 5.88. The molecule has 1 amide bonds. The van der Waals surface area contributed by atoms with Crippen LogP contribution in [0.25, 0.3) is 0 Å². The highest BCUT2D eigenvalue weighted by molar-refractivity contribution is 6.33. The Balaban J connectivity index is 2.42. The van der Waals surface area contributed by atoms with Crippen molar-refractivity contribution in [2.75, 3.05) is 5.32 Å². The standard InChI is InChI=1S/C14H12ClN3O3/c1-7-4-5-17-13(11(7)12(16)19)18-10-3-2-8(14(20)21)6-9(10)15/h2-6H,1H3,(H2,16,19)(H,17,18)(H,20,21). The van der Waals surface area contributed by atoms with Gasteiger partial charge in [0.1, 0.15) is 5.82 Å². The van der Waals surface area contributed by atoms with E-state index in [2.05, 4.69) is 10.3 Å². The first-order valence-electron chi connectivity index (χ1n) is 5.95. The third-order valence-corrected chi connectivity index (χ3v) is 3.19. The number of amides is 1. The first-order chi connectivity index (χ1) is 9.90. The summed E-state index contributed by atoms with van der Waals surface area (Å²) in [6.07, 6.45) is 1.53. The molecule has 0 saturated heterocycles. The number of carboxylic acids is 1. The number of benzene rings is 1. The number of carbonyl (C=O) groups is 2. The number of carbonyl (C=O) groups excluding carboxylic acids is 1. The van der Waals surface area contributed by atoms with Gasteiger partial charge in [-0.25, -0.2) is 9.78 Å². The lowest BCUT2D eigenvalue weighted by molar-refractivity contribution is 0.0696. The molecule has 0 bridgehead atoms. The second-order valence-corrected chi connectivity index (χ2v) is 4.75. The quantitative estimate of drug-likeness (QED) is 0.805. The van der Waals surface area contributed by atoms with E-state index in [-0.39, 0.29) is 22.0 Å². The van der Waals surface area contributed by atoms with E-state index in [9.17, 15) is 9.59 Å². The van der Waals surface area contributed by atoms with Crippen LogP contribution in [0, 0.1) is 6.92 Å². The van der Waals surface area contributed by atoms with Gasteiger partial charge in [0.05, 0.1) is 21.8 Å². The Hall–Kier alpha value is -2.60. The summed E-state index contributed by atoms with van der Waals surface area (Å²) in [7, 11) is 0. The van der Waals surface area contributed by atoms with Crippen LogP contribution in [0.4, 0.5) is 11.5 Å². The van der Waals surface area contributed by atoms with Gasteiger partial charge >= 0.3 is 5.97 Å². The molecule has 1 heterocycles. The monoisotopic (exact) mass is 305 g/mol. The third kappa shape index (κ3) is 3.11. The van der Waals surface area contributed by atoms with Gasteiger partial charge in [0.15, 0.2) is 0 Å². The molecule has 0 radical (unpaired) electrons. The van der Waals surface area contributed by atoms with Crippen LogP contribution in [0.2, 0.25) is 5.02 Å². The van der Waals surface area contributed by atoms with Gasteiger partial charge in [-0.15, -0.1) is 0 Å². The second kappa shape index (κ2) is 5.80. The number of aromatic nitrogens is 1. The van der Waals surface area contributed by atoms with Crippen LogP contribution in [-0.4, -0.2) is 22.0 Å². The maximum Gasteiger partial charge on any atom is 0.335 e. The van der Waals surface area contributed by atoms with E-state index in [4.69, 9.17) is 22.4 Å². The summed E-state index contributed by atoms with van der Waals surface area (Å²) in [5.74, 6) is -1.41. The number of rotatable bonds is 4. The van der Waals surface area contributed by atoms with Gasteiger partial charge in [0.2, 0.25) is 0 Å². The Kier molecular flexibility index (Phi) is 4.09. The van der Waals surface area contributed by atoms with Crippen molar-refractivity contribution >= 4 is 35.0 Å². The van der Waals surface area contributed by atoms with Gasteiger partial charge in [0, 0.05) is 6.20 Å². The van der Waals surface area contributed by atoms with Crippen molar-refractivity contribution in [3.8, 4) is 0 Å². The van der Waals surface area contributed by atoms with Crippen molar-refractivity contribution in [3.63, 3.8) is 0 Å². The van der Waals surface area contributed by atoms with Gasteiger partial charge in [-0.05, 0) is 36.8 Å². The fourth-order valence-corrected chi connectivity index (χ4v) is 2.07. The Morgan fingerprint density at radius 3 is 2.62 bits per heavy atom. The summed E-state index contributed by atoms with van der Waals surface area (Å²) in [6.45, 7) is 1.74. The zero-order valence-corrected chi connectivity index (χ0v) is 11.8. The number of halogens is 1. The van der Waals surface area contributed by atoms with E-state index in [1.54, 1.807) is 13.0 Å². The van der Waals surface area contributed by atoms with E-state index in [0.717, 1.165) is 0 Å². The molecule has 4 N–H and O–H groups in total. The van der Waals surface area contributed by atoms with Crippen LogP contribution in [0.3, 0.4) is 0 Å². The van der Waals surface area contributed by atoms with Crippen molar-refractivity contribution in [2.24, 2.45) is 5.73 Å². The number of nitrogens with one attached hydrogen (secondary N) is 1. The minimum absolute atomic E-state index is 0.0675. The average Bonchev–Trinajstić information content (AvgIpc) is 2.40. The number of pyridine rings is 1. The topological polar surface area (TPSA) is 105 Å². The molecule has 0 atom stereocenters. The maximum atomic E-state index is 11.5. The van der Waals surface area contributed by atoms with Crippen molar-refractivity contribution < 1.29 is 14.7 Å². The number of carboxylic acid groups (broad SMARTS) is 1. The van der Waals surface area contributed by atoms with Gasteiger partial charge in [-0.1, -0.05) is 11.6 Å². The average molecular weight is 306 g/mol. The van der Waals surface area contributed by atoms with Crippen molar-refractivity contribution in [1.29, 1.82) is 0 Å². The molecule has 7 heteroatoms. The predicted octanol–water partition coefficient (Wildman–Crippen LogP) is 2.58. The normalized spacial score (nSPS) is 10.2. The molecule has 0 saturated carbocycles. The molecule has 1 aromatic carbocycles. The first kappa shape index (κ1) is 14.8. The van der Waals surface area contributed by atoms with Crippen LogP contribution in [0.5, 0.6) is 0 Å². The van der Waals surface area contributed by atoms with Crippen LogP contribution >= 0.6 is 11.6 Å². The Morgan fingerprint density at radius 1 is 1.33 bits per heavy atom. The minimum Gasteiger partial charge on any atom is -0.478 e. The van der Waals surface area contributed by atoms with Gasteiger partial charge in [-0.3, -0.25) is 4.79 Å². The summed E-state index contributed by atoms with van der Waals surface area (Å²) < 4.78 is 0. The summed E-state index contributed by atoms with van der Waals surface area (Å²) >= 11 is 6.03. The lowest BCUT2D eigenvalue weighted by Crippen LogP contribution is -2.16. The smallest absolute Gasteiger partial charge is 0.335 e. The molecule has 108 valence electrons. The summed E-state index contributed by atoms with van der Waals surface area (Å²) in [5, 5.41) is 12.0. The molecule has 1 aromatic heterocycles. The number of anilines is 2. The highest BCUT2D eigenvalue weighted by atomic mass is 35.5. The second-order valence-electron chi connectivity index (χ2n) is 4.34. The predicted molar refractivity (Wildman–Crippen MR) is 79.2 cm³/mol. The van der Waals surface area contributed by atoms with E-state index < -0.39 is 11.9 Å². The maximum absolute atomic E-state index is 11.5. The molecule has 0 unspecified atom stereocenters. The number of hydrogen-bond acceptors (Lipinski definition) is 4. The molecule has 0 spiro atoms. The molecule has 0 fully saturated rings. The lowest BCUT2D eigenvalue weighted by atomic mass is 10.1. The number of aromatic carboxylic acids is 1. The van der Waals surface area contributed by atoms with Crippen LogP contribution in [-0.2, 0) is 0 Å². The molecule has 0 aliphatic carbocycles. The summed E-state index contributed by atoms with van der Waals surface area (Å²) in [4.78, 5) is 26.4. The Bertz CT molecular complexity index is 731. The largest absolute Gasteiger partial charge is 0.478 e. The zero-order valence-electron chi connectivity index (χ0n) is 11.1. The molecular formula is C14H12ClN3O3. The van der Waals surface area contributed by atoms with Crippen molar-refractivity contribution in [3.05, 3.63) is 52.2 Å². The van der Waals surface area contributed by atoms with E-state index in [1.165, 1.54) is 24.4 Å². The number of hydrogen-bond donors (Lipinski definition) is 3. The number of nitrogens with zero attached hydrogens (tertiary/aromatic N) is 1. The van der Waals surface area contributed by atoms with E-state index in [0.29, 0.717) is 11.3 Å². The molecule has 6 nitrogen and oxygen atoms in total. The van der Waals surface area contributed by atoms with Crippen LogP contribution in [0.15, 0.2) is 30.5 Å². The first-order valence-corrected chi connectivity index (χ1v) is 6.33. The van der Waals surface area contributed by atoms with Crippen LogP contribution < -0.4 is 11.1 Å². The molecule has 2 aromatic rings. The van der Waals surface area contributed by atoms with Crippen molar-refractivity contribution in [2.45, 2.75) is 6.92 Å². The van der Waals surface area contributed by atoms with Crippen LogP contribution in [0.1, 0.15) is 26.3 Å². The minimum atomic E-state index is -1.07. The van der Waals surface area contributed by atoms with Crippen molar-refractivity contribution in [1.82, 2.24) is 4.98 Å². The van der Waals surface area contributed by atoms with E-state index in [1.807, 2.05) is 0 Å². The molecule has 21 heavy (non-hydrogen) atoms. The molecule has 2 rings (SSSR count).